The van der Waals surface area contributed by atoms with Crippen LogP contribution in [0.4, 0.5) is 0 Å². The summed E-state index contributed by atoms with van der Waals surface area (Å²) in [5, 5.41) is 10.8. The molecular formula is C23H32O3. The van der Waals surface area contributed by atoms with Gasteiger partial charge in [-0.15, -0.1) is 0 Å². The first kappa shape index (κ1) is 19.0. The van der Waals surface area contributed by atoms with Gasteiger partial charge in [-0.3, -0.25) is 0 Å². The molecule has 1 fully saturated rings. The maximum Gasteiger partial charge on any atom is 0.122 e. The van der Waals surface area contributed by atoms with Crippen molar-refractivity contribution in [3.05, 3.63) is 59.1 Å². The molecule has 2 aliphatic heterocycles. The van der Waals surface area contributed by atoms with Crippen molar-refractivity contribution in [2.45, 2.75) is 51.9 Å². The van der Waals surface area contributed by atoms with Crippen molar-refractivity contribution in [1.29, 1.82) is 0 Å². The van der Waals surface area contributed by atoms with E-state index in [1.54, 1.807) is 0 Å². The van der Waals surface area contributed by atoms with E-state index in [0.717, 1.165) is 50.2 Å². The predicted molar refractivity (Wildman–Crippen MR) is 105 cm³/mol. The topological polar surface area (TPSA) is 38.7 Å². The Bertz CT molecular complexity index is 626. The lowest BCUT2D eigenvalue weighted by Gasteiger charge is -2.30. The Morgan fingerprint density at radius 3 is 2.58 bits per heavy atom. The van der Waals surface area contributed by atoms with E-state index in [2.05, 4.69) is 38.1 Å². The summed E-state index contributed by atoms with van der Waals surface area (Å²) in [5.41, 5.74) is 2.24. The van der Waals surface area contributed by atoms with Crippen LogP contribution >= 0.6 is 0 Å². The number of hydrogen-bond donors (Lipinski definition) is 1. The van der Waals surface area contributed by atoms with Crippen LogP contribution in [0.25, 0.3) is 0 Å². The quantitative estimate of drug-likeness (QED) is 0.676. The molecule has 0 bridgehead atoms. The fraction of sp³-hybridized carbons (Fsp3) is 0.565. The van der Waals surface area contributed by atoms with E-state index < -0.39 is 0 Å². The van der Waals surface area contributed by atoms with Crippen LogP contribution in [0.3, 0.4) is 0 Å². The Hall–Kier alpha value is -1.74. The molecule has 0 aromatic heterocycles. The smallest absolute Gasteiger partial charge is 0.122 e. The number of allylic oxidation sites excluding steroid dienone is 2. The average Bonchev–Trinajstić information content (AvgIpc) is 2.69. The zero-order chi connectivity index (χ0) is 18.4. The summed E-state index contributed by atoms with van der Waals surface area (Å²) in [7, 11) is 0. The van der Waals surface area contributed by atoms with Crippen molar-refractivity contribution in [3.63, 3.8) is 0 Å². The molecule has 26 heavy (non-hydrogen) atoms. The van der Waals surface area contributed by atoms with Gasteiger partial charge in [-0.1, -0.05) is 44.2 Å². The van der Waals surface area contributed by atoms with Crippen LogP contribution in [-0.2, 0) is 9.47 Å². The third kappa shape index (κ3) is 4.50. The Labute approximate surface area is 157 Å². The normalized spacial score (nSPS) is 23.2. The molecule has 0 aliphatic carbocycles. The average molecular weight is 357 g/mol. The van der Waals surface area contributed by atoms with E-state index in [-0.39, 0.29) is 5.92 Å². The molecule has 3 rings (SSSR count). The SMILES string of the molecule is CCC(CC1CCCOC1)C1=CC(O)=C(C(CC)c2ccccc2)CO1. The largest absolute Gasteiger partial charge is 0.508 e. The lowest BCUT2D eigenvalue weighted by Crippen LogP contribution is -2.23. The summed E-state index contributed by atoms with van der Waals surface area (Å²) < 4.78 is 11.8. The highest BCUT2D eigenvalue weighted by Gasteiger charge is 2.27. The maximum absolute atomic E-state index is 10.8. The Morgan fingerprint density at radius 2 is 1.96 bits per heavy atom. The van der Waals surface area contributed by atoms with Gasteiger partial charge in [0.25, 0.3) is 0 Å². The van der Waals surface area contributed by atoms with Crippen LogP contribution < -0.4 is 0 Å². The van der Waals surface area contributed by atoms with E-state index in [1.165, 1.54) is 12.0 Å². The molecule has 3 unspecified atom stereocenters. The summed E-state index contributed by atoms with van der Waals surface area (Å²) in [5.74, 6) is 2.53. The zero-order valence-corrected chi connectivity index (χ0v) is 16.1. The van der Waals surface area contributed by atoms with Crippen molar-refractivity contribution in [1.82, 2.24) is 0 Å². The second-order valence-corrected chi connectivity index (χ2v) is 7.54. The number of aliphatic hydroxyl groups is 1. The summed E-state index contributed by atoms with van der Waals surface area (Å²) in [6, 6.07) is 10.4. The molecule has 0 spiro atoms. The molecule has 3 atom stereocenters. The van der Waals surface area contributed by atoms with E-state index in [4.69, 9.17) is 9.47 Å². The second kappa shape index (κ2) is 9.27. The van der Waals surface area contributed by atoms with Gasteiger partial charge in [-0.25, -0.2) is 0 Å². The highest BCUT2D eigenvalue weighted by molar-refractivity contribution is 5.36. The van der Waals surface area contributed by atoms with Crippen LogP contribution in [0, 0.1) is 11.8 Å². The molecule has 1 aromatic carbocycles. The third-order valence-electron chi connectivity index (χ3n) is 5.80. The van der Waals surface area contributed by atoms with Gasteiger partial charge in [0.05, 0.1) is 0 Å². The predicted octanol–water partition coefficient (Wildman–Crippen LogP) is 5.75. The highest BCUT2D eigenvalue weighted by atomic mass is 16.5. The van der Waals surface area contributed by atoms with Crippen LogP contribution in [0.1, 0.15) is 57.4 Å². The van der Waals surface area contributed by atoms with Gasteiger partial charge >= 0.3 is 0 Å². The minimum atomic E-state index is 0.209. The van der Waals surface area contributed by atoms with Crippen molar-refractivity contribution < 1.29 is 14.6 Å². The molecule has 3 heteroatoms. The van der Waals surface area contributed by atoms with E-state index in [0.29, 0.717) is 24.2 Å². The maximum atomic E-state index is 10.8. The monoisotopic (exact) mass is 356 g/mol. The fourth-order valence-corrected chi connectivity index (χ4v) is 4.27. The number of benzene rings is 1. The van der Waals surface area contributed by atoms with Crippen LogP contribution in [0.15, 0.2) is 53.5 Å². The molecular weight excluding hydrogens is 324 g/mol. The van der Waals surface area contributed by atoms with Gasteiger partial charge in [0.1, 0.15) is 18.1 Å². The molecule has 2 heterocycles. The van der Waals surface area contributed by atoms with Crippen LogP contribution in [-0.4, -0.2) is 24.9 Å². The summed E-state index contributed by atoms with van der Waals surface area (Å²) >= 11 is 0. The van der Waals surface area contributed by atoms with Crippen molar-refractivity contribution in [3.8, 4) is 0 Å². The molecule has 1 N–H and O–H groups in total. The molecule has 1 saturated heterocycles. The van der Waals surface area contributed by atoms with Crippen molar-refractivity contribution >= 4 is 0 Å². The Balaban J connectivity index is 1.75. The Morgan fingerprint density at radius 1 is 1.15 bits per heavy atom. The summed E-state index contributed by atoms with van der Waals surface area (Å²) in [6.45, 7) is 6.62. The molecule has 142 valence electrons. The molecule has 0 amide bonds. The summed E-state index contributed by atoms with van der Waals surface area (Å²) in [6.07, 6.45) is 7.34. The van der Waals surface area contributed by atoms with Gasteiger partial charge < -0.3 is 14.6 Å². The lowest BCUT2D eigenvalue weighted by molar-refractivity contribution is 0.0421. The first-order valence-electron chi connectivity index (χ1n) is 10.1. The van der Waals surface area contributed by atoms with Crippen molar-refractivity contribution in [2.75, 3.05) is 19.8 Å². The summed E-state index contributed by atoms with van der Waals surface area (Å²) in [4.78, 5) is 0. The minimum absolute atomic E-state index is 0.209. The number of aliphatic hydroxyl groups excluding tert-OH is 1. The second-order valence-electron chi connectivity index (χ2n) is 7.54. The molecule has 0 saturated carbocycles. The van der Waals surface area contributed by atoms with Crippen LogP contribution in [0.2, 0.25) is 0 Å². The molecule has 1 aromatic rings. The standard InChI is InChI=1S/C23H32O3/c1-3-18(13-17-9-8-12-25-15-17)23-14-22(24)21(16-26-23)20(4-2)19-10-6-5-7-11-19/h5-7,10-11,14,17-18,20,24H,3-4,8-9,12-13,15-16H2,1-2H3. The van der Waals surface area contributed by atoms with E-state index >= 15 is 0 Å². The number of ether oxygens (including phenoxy) is 2. The van der Waals surface area contributed by atoms with Gasteiger partial charge in [0.15, 0.2) is 0 Å². The lowest BCUT2D eigenvalue weighted by atomic mass is 9.85. The van der Waals surface area contributed by atoms with Gasteiger partial charge in [0.2, 0.25) is 0 Å². The van der Waals surface area contributed by atoms with E-state index in [1.807, 2.05) is 12.1 Å². The third-order valence-corrected chi connectivity index (χ3v) is 5.80. The van der Waals surface area contributed by atoms with Crippen LogP contribution in [0.5, 0.6) is 0 Å². The molecule has 3 nitrogen and oxygen atoms in total. The molecule has 2 aliphatic rings. The fourth-order valence-electron chi connectivity index (χ4n) is 4.27. The van der Waals surface area contributed by atoms with Crippen molar-refractivity contribution in [2.24, 2.45) is 11.8 Å². The van der Waals surface area contributed by atoms with Gasteiger partial charge in [0, 0.05) is 36.7 Å². The minimum Gasteiger partial charge on any atom is -0.508 e. The number of hydrogen-bond acceptors (Lipinski definition) is 3. The highest BCUT2D eigenvalue weighted by Crippen LogP contribution is 2.36. The van der Waals surface area contributed by atoms with Gasteiger partial charge in [-0.2, -0.15) is 0 Å². The first-order valence-corrected chi connectivity index (χ1v) is 10.1. The van der Waals surface area contributed by atoms with Gasteiger partial charge in [-0.05, 0) is 43.6 Å². The number of rotatable bonds is 7. The zero-order valence-electron chi connectivity index (χ0n) is 16.1. The first-order chi connectivity index (χ1) is 12.7. The molecule has 0 radical (unpaired) electrons. The Kier molecular flexibility index (Phi) is 6.79. The van der Waals surface area contributed by atoms with E-state index in [9.17, 15) is 5.11 Å².